The number of hydrogen-bond donors (Lipinski definition) is 0. The van der Waals surface area contributed by atoms with Gasteiger partial charge in [0.2, 0.25) is 0 Å². The molecule has 1 aromatic rings. The normalized spacial score (nSPS) is 25.9. The lowest BCUT2D eigenvalue weighted by atomic mass is 9.82. The van der Waals surface area contributed by atoms with Gasteiger partial charge in [-0.3, -0.25) is 4.79 Å². The van der Waals surface area contributed by atoms with Crippen molar-refractivity contribution in [3.63, 3.8) is 0 Å². The Hall–Kier alpha value is -1.15. The first-order valence-corrected chi connectivity index (χ1v) is 4.95. The molecule has 74 valence electrons. The number of Topliss-reactive ketones (excluding diaryl/α,β-unsaturated/α-hetero) is 1. The van der Waals surface area contributed by atoms with Gasteiger partial charge in [0.05, 0.1) is 12.7 Å². The fourth-order valence-corrected chi connectivity index (χ4v) is 1.59. The molecule has 0 bridgehead atoms. The van der Waals surface area contributed by atoms with Crippen LogP contribution in [0.3, 0.4) is 0 Å². The lowest BCUT2D eigenvalue weighted by molar-refractivity contribution is -0.144. The molecule has 0 amide bonds. The zero-order valence-corrected chi connectivity index (χ0v) is 8.27. The van der Waals surface area contributed by atoms with E-state index in [9.17, 15) is 4.79 Å². The average molecular weight is 190 g/mol. The summed E-state index contributed by atoms with van der Waals surface area (Å²) in [6.45, 7) is 2.55. The molecule has 0 aliphatic heterocycles. The van der Waals surface area contributed by atoms with Crippen molar-refractivity contribution >= 4 is 5.78 Å². The molecule has 1 aromatic carbocycles. The zero-order chi connectivity index (χ0) is 9.97. The summed E-state index contributed by atoms with van der Waals surface area (Å²) in [5, 5.41) is 0. The van der Waals surface area contributed by atoms with Crippen molar-refractivity contribution in [2.24, 2.45) is 5.92 Å². The number of hydrogen-bond acceptors (Lipinski definition) is 2. The van der Waals surface area contributed by atoms with Gasteiger partial charge < -0.3 is 4.74 Å². The summed E-state index contributed by atoms with van der Waals surface area (Å²) < 4.78 is 5.63. The van der Waals surface area contributed by atoms with Gasteiger partial charge in [-0.05, 0) is 5.56 Å². The molecule has 0 saturated heterocycles. The Morgan fingerprint density at radius 2 is 2.07 bits per heavy atom. The number of ketones is 1. The van der Waals surface area contributed by atoms with Crippen LogP contribution in [0, 0.1) is 5.92 Å². The van der Waals surface area contributed by atoms with Crippen LogP contribution in [-0.2, 0) is 16.1 Å². The van der Waals surface area contributed by atoms with Gasteiger partial charge in [-0.15, -0.1) is 0 Å². The van der Waals surface area contributed by atoms with Crippen LogP contribution in [0.5, 0.6) is 0 Å². The first kappa shape index (κ1) is 9.41. The summed E-state index contributed by atoms with van der Waals surface area (Å²) in [7, 11) is 0. The highest BCUT2D eigenvalue weighted by Gasteiger charge is 2.36. The summed E-state index contributed by atoms with van der Waals surface area (Å²) in [6.07, 6.45) is 0.733. The summed E-state index contributed by atoms with van der Waals surface area (Å²) >= 11 is 0. The van der Waals surface area contributed by atoms with Crippen molar-refractivity contribution in [2.45, 2.75) is 26.1 Å². The minimum Gasteiger partial charge on any atom is -0.372 e. The molecule has 0 heterocycles. The fourth-order valence-electron chi connectivity index (χ4n) is 1.59. The molecule has 1 aliphatic carbocycles. The van der Waals surface area contributed by atoms with Crippen molar-refractivity contribution in [2.75, 3.05) is 0 Å². The predicted octanol–water partition coefficient (Wildman–Crippen LogP) is 2.18. The monoisotopic (exact) mass is 190 g/mol. The highest BCUT2D eigenvalue weighted by molar-refractivity contribution is 5.87. The number of benzene rings is 1. The molecule has 0 aromatic heterocycles. The van der Waals surface area contributed by atoms with E-state index in [4.69, 9.17) is 4.74 Å². The van der Waals surface area contributed by atoms with Crippen molar-refractivity contribution in [1.29, 1.82) is 0 Å². The second-order valence-electron chi connectivity index (χ2n) is 3.79. The maximum atomic E-state index is 11.0. The molecule has 2 rings (SSSR count). The Bertz CT molecular complexity index is 318. The van der Waals surface area contributed by atoms with Gasteiger partial charge in [-0.1, -0.05) is 37.3 Å². The number of rotatable bonds is 3. The topological polar surface area (TPSA) is 26.3 Å². The van der Waals surface area contributed by atoms with Crippen molar-refractivity contribution in [3.05, 3.63) is 35.9 Å². The van der Waals surface area contributed by atoms with Crippen LogP contribution in [0.1, 0.15) is 18.9 Å². The molecular weight excluding hydrogens is 176 g/mol. The maximum Gasteiger partial charge on any atom is 0.140 e. The van der Waals surface area contributed by atoms with E-state index in [1.807, 2.05) is 37.3 Å². The molecule has 14 heavy (non-hydrogen) atoms. The van der Waals surface area contributed by atoms with Crippen LogP contribution in [0.2, 0.25) is 0 Å². The van der Waals surface area contributed by atoms with Gasteiger partial charge in [-0.2, -0.15) is 0 Å². The molecule has 1 fully saturated rings. The van der Waals surface area contributed by atoms with Crippen molar-refractivity contribution in [1.82, 2.24) is 0 Å². The van der Waals surface area contributed by atoms with Crippen LogP contribution in [0.4, 0.5) is 0 Å². The molecule has 2 heteroatoms. The van der Waals surface area contributed by atoms with Gasteiger partial charge in [0.25, 0.3) is 0 Å². The van der Waals surface area contributed by atoms with Gasteiger partial charge >= 0.3 is 0 Å². The highest BCUT2D eigenvalue weighted by atomic mass is 16.5. The second kappa shape index (κ2) is 3.93. The molecule has 0 spiro atoms. The molecule has 0 unspecified atom stereocenters. The first-order chi connectivity index (χ1) is 6.77. The molecule has 2 nitrogen and oxygen atoms in total. The first-order valence-electron chi connectivity index (χ1n) is 4.95. The van der Waals surface area contributed by atoms with E-state index in [1.54, 1.807) is 0 Å². The fraction of sp³-hybridized carbons (Fsp3) is 0.417. The van der Waals surface area contributed by atoms with Gasteiger partial charge in [-0.25, -0.2) is 0 Å². The average Bonchev–Trinajstić information content (AvgIpc) is 2.25. The standard InChI is InChI=1S/C12H14O2/c1-9-11(13)7-12(9)14-8-10-5-3-2-4-6-10/h2-6,9,12H,7-8H2,1H3/t9-,12-/m1/s1. The highest BCUT2D eigenvalue weighted by Crippen LogP contribution is 2.26. The van der Waals surface area contributed by atoms with E-state index in [1.165, 1.54) is 5.56 Å². The van der Waals surface area contributed by atoms with Gasteiger partial charge in [0, 0.05) is 12.3 Å². The van der Waals surface area contributed by atoms with E-state index < -0.39 is 0 Å². The Labute approximate surface area is 83.9 Å². The zero-order valence-electron chi connectivity index (χ0n) is 8.27. The molecule has 1 aliphatic rings. The van der Waals surface area contributed by atoms with Gasteiger partial charge in [0.15, 0.2) is 0 Å². The second-order valence-corrected chi connectivity index (χ2v) is 3.79. The van der Waals surface area contributed by atoms with E-state index in [0.29, 0.717) is 18.8 Å². The van der Waals surface area contributed by atoms with Crippen LogP contribution in [0.15, 0.2) is 30.3 Å². The Kier molecular flexibility index (Phi) is 2.64. The molecular formula is C12H14O2. The molecule has 0 radical (unpaired) electrons. The third kappa shape index (κ3) is 1.85. The SMILES string of the molecule is C[C@@H]1C(=O)C[C@H]1OCc1ccccc1. The lowest BCUT2D eigenvalue weighted by Crippen LogP contribution is -2.41. The van der Waals surface area contributed by atoms with E-state index in [-0.39, 0.29) is 12.0 Å². The van der Waals surface area contributed by atoms with E-state index >= 15 is 0 Å². The Morgan fingerprint density at radius 3 is 2.64 bits per heavy atom. The third-order valence-electron chi connectivity index (χ3n) is 2.77. The summed E-state index contributed by atoms with van der Waals surface area (Å²) in [6, 6.07) is 10.0. The summed E-state index contributed by atoms with van der Waals surface area (Å²) in [4.78, 5) is 11.0. The third-order valence-corrected chi connectivity index (χ3v) is 2.77. The molecule has 1 saturated carbocycles. The van der Waals surface area contributed by atoms with Crippen LogP contribution in [-0.4, -0.2) is 11.9 Å². The van der Waals surface area contributed by atoms with E-state index in [0.717, 1.165) is 0 Å². The van der Waals surface area contributed by atoms with Crippen molar-refractivity contribution < 1.29 is 9.53 Å². The minimum atomic E-state index is 0.0960. The quantitative estimate of drug-likeness (QED) is 0.730. The summed E-state index contributed by atoms with van der Waals surface area (Å²) in [5.74, 6) is 0.418. The number of ether oxygens (including phenoxy) is 1. The largest absolute Gasteiger partial charge is 0.372 e. The van der Waals surface area contributed by atoms with Gasteiger partial charge in [0.1, 0.15) is 5.78 Å². The maximum absolute atomic E-state index is 11.0. The Morgan fingerprint density at radius 1 is 1.36 bits per heavy atom. The van der Waals surface area contributed by atoms with Crippen LogP contribution >= 0.6 is 0 Å². The summed E-state index contributed by atoms with van der Waals surface area (Å²) in [5.41, 5.74) is 1.17. The smallest absolute Gasteiger partial charge is 0.140 e. The van der Waals surface area contributed by atoms with Crippen molar-refractivity contribution in [3.8, 4) is 0 Å². The molecule has 0 N–H and O–H groups in total. The van der Waals surface area contributed by atoms with Crippen LogP contribution < -0.4 is 0 Å². The number of carbonyl (C=O) groups excluding carboxylic acids is 1. The van der Waals surface area contributed by atoms with E-state index in [2.05, 4.69) is 0 Å². The number of carbonyl (C=O) groups is 1. The Balaban J connectivity index is 1.81. The lowest BCUT2D eigenvalue weighted by Gasteiger charge is -2.31. The predicted molar refractivity (Wildman–Crippen MR) is 53.8 cm³/mol. The minimum absolute atomic E-state index is 0.0960. The van der Waals surface area contributed by atoms with Crippen LogP contribution in [0.25, 0.3) is 0 Å². The molecule has 2 atom stereocenters.